The molecule has 2 saturated heterocycles. The number of hydrogen-bond donors (Lipinski definition) is 1. The van der Waals surface area contributed by atoms with E-state index in [9.17, 15) is 0 Å². The lowest BCUT2D eigenvalue weighted by Gasteiger charge is -2.46. The van der Waals surface area contributed by atoms with Crippen LogP contribution in [0.5, 0.6) is 0 Å². The summed E-state index contributed by atoms with van der Waals surface area (Å²) < 4.78 is 11.2. The fraction of sp³-hybridized carbons (Fsp3) is 1.00. The molecule has 0 amide bonds. The molecule has 2 unspecified atom stereocenters. The fourth-order valence-corrected chi connectivity index (χ4v) is 3.44. The Hall–Kier alpha value is -0.160. The normalized spacial score (nSPS) is 27.6. The summed E-state index contributed by atoms with van der Waals surface area (Å²) in [5.41, 5.74) is 0.178. The van der Waals surface area contributed by atoms with Gasteiger partial charge in [0.2, 0.25) is 0 Å². The standard InChI is InChI=1S/C15H30N2O2/c1-15(2,17-8-11-18-12-9-17)14(16-3)7-6-13-5-4-10-19-13/h13-14,16H,4-12H2,1-3H3. The summed E-state index contributed by atoms with van der Waals surface area (Å²) >= 11 is 0. The zero-order valence-corrected chi connectivity index (χ0v) is 12.8. The molecule has 2 aliphatic heterocycles. The summed E-state index contributed by atoms with van der Waals surface area (Å²) in [7, 11) is 2.09. The van der Waals surface area contributed by atoms with Crippen LogP contribution in [0.15, 0.2) is 0 Å². The van der Waals surface area contributed by atoms with E-state index in [2.05, 4.69) is 31.1 Å². The minimum absolute atomic E-state index is 0.178. The van der Waals surface area contributed by atoms with Crippen molar-refractivity contribution < 1.29 is 9.47 Å². The van der Waals surface area contributed by atoms with Gasteiger partial charge in [-0.2, -0.15) is 0 Å². The number of hydrogen-bond acceptors (Lipinski definition) is 4. The molecule has 2 rings (SSSR count). The van der Waals surface area contributed by atoms with Crippen LogP contribution in [-0.4, -0.2) is 62.5 Å². The minimum atomic E-state index is 0.178. The average molecular weight is 270 g/mol. The Kier molecular flexibility index (Phi) is 5.63. The largest absolute Gasteiger partial charge is 0.379 e. The van der Waals surface area contributed by atoms with Gasteiger partial charge in [0, 0.05) is 31.3 Å². The molecular weight excluding hydrogens is 240 g/mol. The third-order valence-corrected chi connectivity index (χ3v) is 4.83. The van der Waals surface area contributed by atoms with E-state index in [4.69, 9.17) is 9.47 Å². The van der Waals surface area contributed by atoms with Crippen molar-refractivity contribution in [3.8, 4) is 0 Å². The molecule has 0 spiro atoms. The Labute approximate surface area is 117 Å². The Bertz CT molecular complexity index is 259. The van der Waals surface area contributed by atoms with Crippen LogP contribution in [0, 0.1) is 0 Å². The summed E-state index contributed by atoms with van der Waals surface area (Å²) in [6.45, 7) is 9.50. The zero-order valence-electron chi connectivity index (χ0n) is 12.8. The fourth-order valence-electron chi connectivity index (χ4n) is 3.44. The van der Waals surface area contributed by atoms with Gasteiger partial charge in [-0.25, -0.2) is 0 Å². The van der Waals surface area contributed by atoms with Crippen molar-refractivity contribution in [3.63, 3.8) is 0 Å². The predicted molar refractivity (Wildman–Crippen MR) is 77.5 cm³/mol. The van der Waals surface area contributed by atoms with Gasteiger partial charge in [0.15, 0.2) is 0 Å². The Balaban J connectivity index is 1.86. The number of nitrogens with zero attached hydrogens (tertiary/aromatic N) is 1. The minimum Gasteiger partial charge on any atom is -0.379 e. The molecule has 4 nitrogen and oxygen atoms in total. The third kappa shape index (κ3) is 3.91. The molecule has 1 N–H and O–H groups in total. The predicted octanol–water partition coefficient (Wildman–Crippen LogP) is 1.64. The molecule has 2 heterocycles. The average Bonchev–Trinajstić information content (AvgIpc) is 2.93. The number of ether oxygens (including phenoxy) is 2. The second-order valence-electron chi connectivity index (χ2n) is 6.31. The van der Waals surface area contributed by atoms with Crippen molar-refractivity contribution in [3.05, 3.63) is 0 Å². The quantitative estimate of drug-likeness (QED) is 0.795. The van der Waals surface area contributed by atoms with E-state index in [1.807, 2.05) is 0 Å². The van der Waals surface area contributed by atoms with E-state index < -0.39 is 0 Å². The number of likely N-dealkylation sites (N-methyl/N-ethyl adjacent to an activating group) is 1. The highest BCUT2D eigenvalue weighted by Gasteiger charge is 2.35. The molecule has 2 fully saturated rings. The van der Waals surface area contributed by atoms with Gasteiger partial charge >= 0.3 is 0 Å². The second-order valence-corrected chi connectivity index (χ2v) is 6.31. The monoisotopic (exact) mass is 270 g/mol. The highest BCUT2D eigenvalue weighted by molar-refractivity contribution is 4.94. The van der Waals surface area contributed by atoms with E-state index in [0.717, 1.165) is 32.9 Å². The molecule has 0 bridgehead atoms. The van der Waals surface area contributed by atoms with Crippen LogP contribution in [0.4, 0.5) is 0 Å². The highest BCUT2D eigenvalue weighted by atomic mass is 16.5. The zero-order chi connectivity index (χ0) is 13.7. The molecule has 0 aromatic heterocycles. The van der Waals surface area contributed by atoms with Crippen molar-refractivity contribution >= 4 is 0 Å². The van der Waals surface area contributed by atoms with E-state index >= 15 is 0 Å². The van der Waals surface area contributed by atoms with Crippen molar-refractivity contribution in [2.24, 2.45) is 0 Å². The molecule has 4 heteroatoms. The van der Waals surface area contributed by atoms with Gasteiger partial charge in [0.1, 0.15) is 0 Å². The van der Waals surface area contributed by atoms with E-state index in [0.29, 0.717) is 12.1 Å². The van der Waals surface area contributed by atoms with Crippen LogP contribution in [0.25, 0.3) is 0 Å². The lowest BCUT2D eigenvalue weighted by Crippen LogP contribution is -2.59. The summed E-state index contributed by atoms with van der Waals surface area (Å²) in [5, 5.41) is 3.53. The second kappa shape index (κ2) is 7.02. The Morgan fingerprint density at radius 3 is 2.58 bits per heavy atom. The molecule has 2 atom stereocenters. The summed E-state index contributed by atoms with van der Waals surface area (Å²) in [5.74, 6) is 0. The number of rotatable bonds is 6. The first kappa shape index (κ1) is 15.2. The Morgan fingerprint density at radius 1 is 1.26 bits per heavy atom. The molecule has 0 aliphatic carbocycles. The van der Waals surface area contributed by atoms with Crippen LogP contribution < -0.4 is 5.32 Å². The number of nitrogens with one attached hydrogen (secondary N) is 1. The summed E-state index contributed by atoms with van der Waals surface area (Å²) in [6, 6.07) is 0.509. The first-order chi connectivity index (χ1) is 9.14. The van der Waals surface area contributed by atoms with Crippen LogP contribution in [0.2, 0.25) is 0 Å². The number of morpholine rings is 1. The maximum absolute atomic E-state index is 5.74. The van der Waals surface area contributed by atoms with Gasteiger partial charge in [-0.15, -0.1) is 0 Å². The summed E-state index contributed by atoms with van der Waals surface area (Å²) in [6.07, 6.45) is 5.34. The van der Waals surface area contributed by atoms with E-state index in [1.165, 1.54) is 25.7 Å². The maximum atomic E-state index is 5.74. The lowest BCUT2D eigenvalue weighted by atomic mass is 9.87. The smallest absolute Gasteiger partial charge is 0.0594 e. The third-order valence-electron chi connectivity index (χ3n) is 4.83. The van der Waals surface area contributed by atoms with Crippen molar-refractivity contribution in [2.75, 3.05) is 40.0 Å². The van der Waals surface area contributed by atoms with Crippen LogP contribution >= 0.6 is 0 Å². The van der Waals surface area contributed by atoms with Gasteiger partial charge in [-0.1, -0.05) is 0 Å². The van der Waals surface area contributed by atoms with Crippen molar-refractivity contribution in [1.82, 2.24) is 10.2 Å². The topological polar surface area (TPSA) is 33.7 Å². The first-order valence-electron chi connectivity index (χ1n) is 7.76. The molecule has 0 radical (unpaired) electrons. The molecule has 2 aliphatic rings. The lowest BCUT2D eigenvalue weighted by molar-refractivity contribution is -0.0253. The van der Waals surface area contributed by atoms with E-state index in [-0.39, 0.29) is 5.54 Å². The van der Waals surface area contributed by atoms with Crippen LogP contribution in [0.3, 0.4) is 0 Å². The van der Waals surface area contributed by atoms with Gasteiger partial charge in [-0.3, -0.25) is 4.90 Å². The van der Waals surface area contributed by atoms with Crippen molar-refractivity contribution in [1.29, 1.82) is 0 Å². The summed E-state index contributed by atoms with van der Waals surface area (Å²) in [4.78, 5) is 2.56. The Morgan fingerprint density at radius 2 is 2.00 bits per heavy atom. The highest BCUT2D eigenvalue weighted by Crippen LogP contribution is 2.26. The van der Waals surface area contributed by atoms with Crippen LogP contribution in [-0.2, 0) is 9.47 Å². The molecule has 0 aromatic carbocycles. The first-order valence-corrected chi connectivity index (χ1v) is 7.76. The van der Waals surface area contributed by atoms with Gasteiger partial charge in [0.25, 0.3) is 0 Å². The van der Waals surface area contributed by atoms with E-state index in [1.54, 1.807) is 0 Å². The van der Waals surface area contributed by atoms with Gasteiger partial charge in [-0.05, 0) is 46.6 Å². The van der Waals surface area contributed by atoms with Crippen LogP contribution in [0.1, 0.15) is 39.5 Å². The van der Waals surface area contributed by atoms with Gasteiger partial charge < -0.3 is 14.8 Å². The molecule has 112 valence electrons. The molecule has 0 aromatic rings. The molecule has 0 saturated carbocycles. The maximum Gasteiger partial charge on any atom is 0.0594 e. The molecule has 19 heavy (non-hydrogen) atoms. The molecular formula is C15H30N2O2. The van der Waals surface area contributed by atoms with Gasteiger partial charge in [0.05, 0.1) is 19.3 Å². The SMILES string of the molecule is CNC(CCC1CCCO1)C(C)(C)N1CCOCC1. The van der Waals surface area contributed by atoms with Crippen molar-refractivity contribution in [2.45, 2.75) is 57.2 Å².